The monoisotopic (exact) mass is 428 g/mol. The topological polar surface area (TPSA) is 77.0 Å². The van der Waals surface area contributed by atoms with Gasteiger partial charge in [-0.25, -0.2) is 4.99 Å². The Kier molecular flexibility index (Phi) is 6.30. The molecule has 0 fully saturated rings. The normalized spacial score (nSPS) is 13.0. The summed E-state index contributed by atoms with van der Waals surface area (Å²) in [7, 11) is 0. The quantitative estimate of drug-likeness (QED) is 0.440. The zero-order valence-corrected chi connectivity index (χ0v) is 16.9. The van der Waals surface area contributed by atoms with Crippen molar-refractivity contribution in [1.82, 2.24) is 15.6 Å². The van der Waals surface area contributed by atoms with Crippen LogP contribution in [0.2, 0.25) is 0 Å². The number of aromatic nitrogens is 1. The molecule has 0 aliphatic carbocycles. The molecule has 0 unspecified atom stereocenters. The Bertz CT molecular complexity index is 1090. The van der Waals surface area contributed by atoms with Crippen molar-refractivity contribution in [3.8, 4) is 17.2 Å². The summed E-state index contributed by atoms with van der Waals surface area (Å²) in [5, 5.41) is 7.49. The molecule has 4 rings (SSSR count). The highest BCUT2D eigenvalue weighted by Gasteiger charge is 2.20. The minimum Gasteiger partial charge on any atom is -0.454 e. The van der Waals surface area contributed by atoms with Crippen LogP contribution in [0.5, 0.6) is 17.2 Å². The number of para-hydroxylation sites is 1. The SMILES string of the molecule is CCNC(=NCc1cc2c(cc1OC(F)F)OCO2)NCc1ccnc2ccccc12. The Morgan fingerprint density at radius 2 is 1.94 bits per heavy atom. The van der Waals surface area contributed by atoms with Crippen molar-refractivity contribution in [1.29, 1.82) is 0 Å². The van der Waals surface area contributed by atoms with Crippen molar-refractivity contribution < 1.29 is 23.0 Å². The molecule has 0 amide bonds. The minimum atomic E-state index is -2.95. The molecule has 1 aromatic heterocycles. The van der Waals surface area contributed by atoms with E-state index in [1.807, 2.05) is 37.3 Å². The summed E-state index contributed by atoms with van der Waals surface area (Å²) in [6.07, 6.45) is 1.77. The first-order chi connectivity index (χ1) is 15.1. The zero-order chi connectivity index (χ0) is 21.6. The molecule has 1 aliphatic rings. The molecule has 0 saturated carbocycles. The highest BCUT2D eigenvalue weighted by atomic mass is 19.3. The van der Waals surface area contributed by atoms with Gasteiger partial charge in [0.2, 0.25) is 6.79 Å². The highest BCUT2D eigenvalue weighted by molar-refractivity contribution is 5.83. The van der Waals surface area contributed by atoms with Crippen molar-refractivity contribution >= 4 is 16.9 Å². The zero-order valence-electron chi connectivity index (χ0n) is 16.9. The van der Waals surface area contributed by atoms with Gasteiger partial charge in [-0.1, -0.05) is 18.2 Å². The van der Waals surface area contributed by atoms with Gasteiger partial charge in [0, 0.05) is 36.3 Å². The first-order valence-corrected chi connectivity index (χ1v) is 9.86. The Hall–Kier alpha value is -3.62. The van der Waals surface area contributed by atoms with Crippen molar-refractivity contribution in [2.75, 3.05) is 13.3 Å². The molecule has 1 aliphatic heterocycles. The van der Waals surface area contributed by atoms with Crippen LogP contribution in [0.15, 0.2) is 53.7 Å². The molecule has 2 heterocycles. The van der Waals surface area contributed by atoms with Crippen molar-refractivity contribution in [2.45, 2.75) is 26.6 Å². The van der Waals surface area contributed by atoms with Crippen LogP contribution in [0, 0.1) is 0 Å². The number of nitrogens with one attached hydrogen (secondary N) is 2. The second-order valence-corrected chi connectivity index (χ2v) is 6.73. The van der Waals surface area contributed by atoms with E-state index < -0.39 is 6.61 Å². The number of benzene rings is 2. The van der Waals surface area contributed by atoms with Gasteiger partial charge >= 0.3 is 6.61 Å². The van der Waals surface area contributed by atoms with Gasteiger partial charge in [0.15, 0.2) is 17.5 Å². The number of guanidine groups is 1. The number of nitrogens with zero attached hydrogens (tertiary/aromatic N) is 2. The summed E-state index contributed by atoms with van der Waals surface area (Å²) in [6.45, 7) is 0.325. The van der Waals surface area contributed by atoms with E-state index >= 15 is 0 Å². The number of hydrogen-bond donors (Lipinski definition) is 2. The third kappa shape index (κ3) is 4.93. The Morgan fingerprint density at radius 3 is 2.74 bits per heavy atom. The molecule has 31 heavy (non-hydrogen) atoms. The summed E-state index contributed by atoms with van der Waals surface area (Å²) in [4.78, 5) is 8.90. The third-order valence-corrected chi connectivity index (χ3v) is 4.71. The number of fused-ring (bicyclic) bond motifs is 2. The standard InChI is InChI=1S/C22H22F2N4O3/c1-2-25-22(27-11-14-7-8-26-17-6-4-3-5-16(14)17)28-12-15-9-19-20(30-13-29-19)10-18(15)31-21(23)24/h3-10,21H,2,11-13H2,1H3,(H2,25,27,28). The van der Waals surface area contributed by atoms with E-state index in [0.717, 1.165) is 16.5 Å². The molecule has 7 nitrogen and oxygen atoms in total. The van der Waals surface area contributed by atoms with Crippen molar-refractivity contribution in [3.05, 3.63) is 59.8 Å². The van der Waals surface area contributed by atoms with Crippen LogP contribution in [-0.2, 0) is 13.1 Å². The van der Waals surface area contributed by atoms with Crippen LogP contribution in [0.1, 0.15) is 18.1 Å². The van der Waals surface area contributed by atoms with Crippen molar-refractivity contribution in [2.24, 2.45) is 4.99 Å². The van der Waals surface area contributed by atoms with E-state index in [4.69, 9.17) is 9.47 Å². The average Bonchev–Trinajstić information content (AvgIpc) is 3.22. The van der Waals surface area contributed by atoms with Crippen LogP contribution in [-0.4, -0.2) is 30.9 Å². The first-order valence-electron chi connectivity index (χ1n) is 9.86. The van der Waals surface area contributed by atoms with Crippen LogP contribution < -0.4 is 24.8 Å². The molecule has 3 aromatic rings. The molecule has 162 valence electrons. The molecular formula is C22H22F2N4O3. The maximum absolute atomic E-state index is 12.8. The molecule has 2 aromatic carbocycles. The van der Waals surface area contributed by atoms with Crippen LogP contribution in [0.25, 0.3) is 10.9 Å². The molecule has 0 saturated heterocycles. The van der Waals surface area contributed by atoms with Gasteiger partial charge < -0.3 is 24.8 Å². The summed E-state index contributed by atoms with van der Waals surface area (Å²) in [5.41, 5.74) is 2.45. The summed E-state index contributed by atoms with van der Waals surface area (Å²) < 4.78 is 40.9. The molecule has 0 spiro atoms. The first kappa shape index (κ1) is 20.6. The Morgan fingerprint density at radius 1 is 1.13 bits per heavy atom. The predicted octanol–water partition coefficient (Wildman–Crippen LogP) is 3.82. The molecule has 0 radical (unpaired) electrons. The second-order valence-electron chi connectivity index (χ2n) is 6.73. The lowest BCUT2D eigenvalue weighted by Gasteiger charge is -2.14. The number of aliphatic imine (C=N–C) groups is 1. The van der Waals surface area contributed by atoms with Crippen LogP contribution in [0.3, 0.4) is 0 Å². The van der Waals surface area contributed by atoms with E-state index in [0.29, 0.717) is 36.1 Å². The van der Waals surface area contributed by atoms with Crippen LogP contribution >= 0.6 is 0 Å². The van der Waals surface area contributed by atoms with Gasteiger partial charge in [0.25, 0.3) is 0 Å². The van der Waals surface area contributed by atoms with E-state index in [2.05, 4.69) is 25.3 Å². The number of alkyl halides is 2. The number of ether oxygens (including phenoxy) is 3. The lowest BCUT2D eigenvalue weighted by Crippen LogP contribution is -2.36. The Balaban J connectivity index is 1.53. The molecule has 2 N–H and O–H groups in total. The summed E-state index contributed by atoms with van der Waals surface area (Å²) >= 11 is 0. The van der Waals surface area contributed by atoms with E-state index in [-0.39, 0.29) is 19.1 Å². The third-order valence-electron chi connectivity index (χ3n) is 4.71. The predicted molar refractivity (Wildman–Crippen MR) is 113 cm³/mol. The smallest absolute Gasteiger partial charge is 0.387 e. The van der Waals surface area contributed by atoms with Gasteiger partial charge in [0.05, 0.1) is 12.1 Å². The lowest BCUT2D eigenvalue weighted by molar-refractivity contribution is -0.0505. The molecule has 0 atom stereocenters. The number of hydrogen-bond acceptors (Lipinski definition) is 5. The van der Waals surface area contributed by atoms with E-state index in [9.17, 15) is 8.78 Å². The van der Waals surface area contributed by atoms with Gasteiger partial charge in [-0.05, 0) is 30.7 Å². The highest BCUT2D eigenvalue weighted by Crippen LogP contribution is 2.39. The number of rotatable bonds is 7. The molecule has 0 bridgehead atoms. The van der Waals surface area contributed by atoms with Gasteiger partial charge in [-0.2, -0.15) is 8.78 Å². The number of pyridine rings is 1. The molecule has 9 heteroatoms. The van der Waals surface area contributed by atoms with E-state index in [1.165, 1.54) is 6.07 Å². The van der Waals surface area contributed by atoms with Gasteiger partial charge in [-0.3, -0.25) is 4.98 Å². The fourth-order valence-corrected chi connectivity index (χ4v) is 3.29. The number of halogens is 2. The largest absolute Gasteiger partial charge is 0.454 e. The van der Waals surface area contributed by atoms with Crippen LogP contribution in [0.4, 0.5) is 8.78 Å². The maximum Gasteiger partial charge on any atom is 0.387 e. The summed E-state index contributed by atoms with van der Waals surface area (Å²) in [6, 6.07) is 12.9. The Labute approximate surface area is 178 Å². The van der Waals surface area contributed by atoms with Crippen molar-refractivity contribution in [3.63, 3.8) is 0 Å². The van der Waals surface area contributed by atoms with Gasteiger partial charge in [0.1, 0.15) is 5.75 Å². The lowest BCUT2D eigenvalue weighted by atomic mass is 10.1. The molecular weight excluding hydrogens is 406 g/mol. The van der Waals surface area contributed by atoms with E-state index in [1.54, 1.807) is 12.3 Å². The summed E-state index contributed by atoms with van der Waals surface area (Å²) in [5.74, 6) is 1.41. The fourth-order valence-electron chi connectivity index (χ4n) is 3.29. The average molecular weight is 428 g/mol. The fraction of sp³-hybridized carbons (Fsp3) is 0.273. The maximum atomic E-state index is 12.8. The second kappa shape index (κ2) is 9.46. The minimum absolute atomic E-state index is 0.0129. The van der Waals surface area contributed by atoms with Gasteiger partial charge in [-0.15, -0.1) is 0 Å².